The predicted molar refractivity (Wildman–Crippen MR) is 77.9 cm³/mol. The average Bonchev–Trinajstić information content (AvgIpc) is 2.12. The normalized spacial score (nSPS) is 13.9. The maximum atomic E-state index is 3.90. The molecule has 0 bridgehead atoms. The summed E-state index contributed by atoms with van der Waals surface area (Å²) in [4.78, 5) is 0. The van der Waals surface area contributed by atoms with Gasteiger partial charge in [-0.3, -0.25) is 0 Å². The molecule has 0 saturated carbocycles. The highest BCUT2D eigenvalue weighted by Gasteiger charge is 2.38. The van der Waals surface area contributed by atoms with Gasteiger partial charge in [-0.1, -0.05) is 6.92 Å². The number of nitrogens with one attached hydrogen (secondary N) is 1. The summed E-state index contributed by atoms with van der Waals surface area (Å²) in [5.74, 6) is 0. The van der Waals surface area contributed by atoms with E-state index in [1.54, 1.807) is 0 Å². The second kappa shape index (κ2) is 6.33. The van der Waals surface area contributed by atoms with Gasteiger partial charge < -0.3 is 0 Å². The van der Waals surface area contributed by atoms with Gasteiger partial charge in [-0.25, -0.2) is 18.8 Å². The maximum Gasteiger partial charge on any atom is 0.309 e. The number of rotatable bonds is 6. The molecule has 1 N–H and O–H groups in total. The quantitative estimate of drug-likeness (QED) is 0.730. The van der Waals surface area contributed by atoms with Crippen molar-refractivity contribution in [3.8, 4) is 0 Å². The van der Waals surface area contributed by atoms with Crippen molar-refractivity contribution in [2.45, 2.75) is 39.2 Å². The topological polar surface area (TPSA) is 23.7 Å². The van der Waals surface area contributed by atoms with E-state index in [9.17, 15) is 0 Å². The van der Waals surface area contributed by atoms with E-state index in [4.69, 9.17) is 0 Å². The van der Waals surface area contributed by atoms with Crippen molar-refractivity contribution in [2.24, 2.45) is 0 Å². The van der Waals surface area contributed by atoms with E-state index >= 15 is 0 Å². The van der Waals surface area contributed by atoms with Crippen molar-refractivity contribution in [3.63, 3.8) is 0 Å². The lowest BCUT2D eigenvalue weighted by Gasteiger charge is -2.37. The van der Waals surface area contributed by atoms with Gasteiger partial charge in [0.05, 0.1) is 0 Å². The maximum absolute atomic E-state index is 3.90. The Bertz CT molecular complexity index is 254. The standard InChI is InChI=1S/C12H31N4P/c1-10-11-12(2,3)13-17(14(4)5,15(6)7)16(8)9/h10-11H2,1-9H3/p+1. The summed E-state index contributed by atoms with van der Waals surface area (Å²) < 4.78 is 10.9. The first-order valence-corrected chi connectivity index (χ1v) is 7.96. The number of nitrogens with zero attached hydrogens (tertiary/aromatic N) is 3. The zero-order valence-corrected chi connectivity index (χ0v) is 14.1. The van der Waals surface area contributed by atoms with E-state index < -0.39 is 7.51 Å². The monoisotopic (exact) mass is 263 g/mol. The summed E-state index contributed by atoms with van der Waals surface area (Å²) in [6.45, 7) is 6.83. The van der Waals surface area contributed by atoms with E-state index in [-0.39, 0.29) is 5.54 Å². The highest BCUT2D eigenvalue weighted by Crippen LogP contribution is 2.48. The van der Waals surface area contributed by atoms with Crippen LogP contribution in [0, 0.1) is 0 Å². The van der Waals surface area contributed by atoms with Gasteiger partial charge in [-0.05, 0) is 62.6 Å². The molecule has 0 amide bonds. The summed E-state index contributed by atoms with van der Waals surface area (Å²) in [6, 6.07) is 0. The van der Waals surface area contributed by atoms with Gasteiger partial charge in [0.25, 0.3) is 0 Å². The first-order chi connectivity index (χ1) is 7.60. The molecule has 0 fully saturated rings. The summed E-state index contributed by atoms with van der Waals surface area (Å²) in [6.07, 6.45) is 2.39. The van der Waals surface area contributed by atoms with Gasteiger partial charge in [0.1, 0.15) is 0 Å². The fraction of sp³-hybridized carbons (Fsp3) is 1.00. The highest BCUT2D eigenvalue weighted by atomic mass is 31.2. The Balaban J connectivity index is 5.67. The molecule has 0 aliphatic rings. The lowest BCUT2D eigenvalue weighted by Crippen LogP contribution is -2.83. The second-order valence-electron chi connectivity index (χ2n) is 5.86. The minimum atomic E-state index is -1.61. The van der Waals surface area contributed by atoms with Crippen LogP contribution < -0.4 is 4.74 Å². The molecule has 4 nitrogen and oxygen atoms in total. The van der Waals surface area contributed by atoms with Crippen LogP contribution in [0.25, 0.3) is 0 Å². The smallest absolute Gasteiger partial charge is 0.230 e. The van der Waals surface area contributed by atoms with Crippen LogP contribution in [-0.4, -0.2) is 61.8 Å². The van der Waals surface area contributed by atoms with Crippen molar-refractivity contribution in [2.75, 3.05) is 42.3 Å². The average molecular weight is 263 g/mol. The zero-order valence-electron chi connectivity index (χ0n) is 13.2. The molecule has 0 atom stereocenters. The van der Waals surface area contributed by atoms with E-state index in [0.717, 1.165) is 0 Å². The van der Waals surface area contributed by atoms with Gasteiger partial charge in [0.15, 0.2) is 5.54 Å². The molecule has 0 aliphatic carbocycles. The highest BCUT2D eigenvalue weighted by molar-refractivity contribution is 7.56. The van der Waals surface area contributed by atoms with Crippen LogP contribution in [0.5, 0.6) is 0 Å². The lowest BCUT2D eigenvalue weighted by atomic mass is 10.0. The summed E-state index contributed by atoms with van der Waals surface area (Å²) in [5.41, 5.74) is 0.154. The first kappa shape index (κ1) is 17.1. The van der Waals surface area contributed by atoms with Crippen LogP contribution in [0.2, 0.25) is 0 Å². The Morgan fingerprint density at radius 1 is 0.882 bits per heavy atom. The molecule has 17 heavy (non-hydrogen) atoms. The van der Waals surface area contributed by atoms with Gasteiger partial charge in [-0.15, -0.1) is 0 Å². The van der Waals surface area contributed by atoms with Crippen LogP contribution in [0.1, 0.15) is 33.6 Å². The van der Waals surface area contributed by atoms with Crippen LogP contribution in [-0.2, 0) is 0 Å². The Morgan fingerprint density at radius 3 is 1.47 bits per heavy atom. The molecule has 104 valence electrons. The molecule has 0 aliphatic heterocycles. The van der Waals surface area contributed by atoms with Crippen molar-refractivity contribution in [3.05, 3.63) is 0 Å². The Morgan fingerprint density at radius 2 is 1.24 bits per heavy atom. The largest absolute Gasteiger partial charge is 0.309 e. The second-order valence-corrected chi connectivity index (χ2v) is 9.62. The SMILES string of the molecule is CCCC(C)(C)[NH+]=P(N(C)C)(N(C)C)N(C)C. The molecule has 0 unspecified atom stereocenters. The first-order valence-electron chi connectivity index (χ1n) is 6.32. The molecule has 0 rings (SSSR count). The molecule has 0 spiro atoms. The van der Waals surface area contributed by atoms with Crippen molar-refractivity contribution in [1.82, 2.24) is 14.0 Å². The third-order valence-corrected chi connectivity index (χ3v) is 7.25. The summed E-state index contributed by atoms with van der Waals surface area (Å²) >= 11 is 0. The van der Waals surface area contributed by atoms with Gasteiger partial charge in [-0.2, -0.15) is 0 Å². The van der Waals surface area contributed by atoms with Crippen molar-refractivity contribution < 1.29 is 4.74 Å². The fourth-order valence-corrected chi connectivity index (χ4v) is 6.13. The van der Waals surface area contributed by atoms with Crippen LogP contribution in [0.15, 0.2) is 0 Å². The zero-order chi connectivity index (χ0) is 13.9. The van der Waals surface area contributed by atoms with E-state index in [2.05, 4.69) is 81.8 Å². The lowest BCUT2D eigenvalue weighted by molar-refractivity contribution is -0.534. The molecular weight excluding hydrogens is 231 g/mol. The Kier molecular flexibility index (Phi) is 6.37. The van der Waals surface area contributed by atoms with Crippen molar-refractivity contribution in [1.29, 1.82) is 0 Å². The number of hydrogen-bond donors (Lipinski definition) is 1. The molecule has 0 radical (unpaired) electrons. The molecule has 5 heteroatoms. The number of hydrogen-bond acceptors (Lipinski definition) is 0. The summed E-state index contributed by atoms with van der Waals surface area (Å²) in [5, 5.41) is 0. The third-order valence-electron chi connectivity index (χ3n) is 3.00. The Labute approximate surface area is 108 Å². The van der Waals surface area contributed by atoms with E-state index in [1.807, 2.05) is 0 Å². The van der Waals surface area contributed by atoms with Crippen molar-refractivity contribution >= 4 is 7.51 Å². The predicted octanol–water partition coefficient (Wildman–Crippen LogP) is 1.28. The van der Waals surface area contributed by atoms with E-state index in [1.165, 1.54) is 12.8 Å². The van der Waals surface area contributed by atoms with Crippen LogP contribution in [0.4, 0.5) is 0 Å². The third kappa shape index (κ3) is 4.06. The molecule has 0 heterocycles. The Hall–Kier alpha value is 0.110. The van der Waals surface area contributed by atoms with Crippen LogP contribution >= 0.6 is 7.51 Å². The molecule has 0 aromatic carbocycles. The minimum absolute atomic E-state index is 0.154. The minimum Gasteiger partial charge on any atom is -0.230 e. The summed E-state index contributed by atoms with van der Waals surface area (Å²) in [7, 11) is 11.3. The fourth-order valence-electron chi connectivity index (χ4n) is 2.46. The molecule has 0 aromatic heterocycles. The van der Waals surface area contributed by atoms with Gasteiger partial charge in [0.2, 0.25) is 0 Å². The molecule has 0 saturated heterocycles. The molecular formula is C12H32N4P+. The van der Waals surface area contributed by atoms with Crippen LogP contribution in [0.3, 0.4) is 0 Å². The van der Waals surface area contributed by atoms with Gasteiger partial charge >= 0.3 is 7.51 Å². The molecule has 0 aromatic rings. The van der Waals surface area contributed by atoms with E-state index in [0.29, 0.717) is 0 Å². The van der Waals surface area contributed by atoms with Gasteiger partial charge in [0, 0.05) is 6.42 Å².